The van der Waals surface area contributed by atoms with Crippen LogP contribution in [0.1, 0.15) is 18.1 Å². The lowest BCUT2D eigenvalue weighted by molar-refractivity contribution is -0.140. The zero-order chi connectivity index (χ0) is 22.8. The predicted octanol–water partition coefficient (Wildman–Crippen LogP) is 5.30. The first-order valence-electron chi connectivity index (χ1n) is 10.5. The van der Waals surface area contributed by atoms with E-state index in [0.29, 0.717) is 11.5 Å². The Morgan fingerprint density at radius 2 is 1.50 bits per heavy atom. The highest BCUT2D eigenvalue weighted by Crippen LogP contribution is 2.24. The fraction of sp³-hybridized carbons (Fsp3) is 0.185. The third-order valence-corrected chi connectivity index (χ3v) is 5.98. The minimum Gasteiger partial charge on any atom is -0.480 e. The first kappa shape index (κ1) is 23.4. The van der Waals surface area contributed by atoms with Gasteiger partial charge in [0.25, 0.3) is 0 Å². The molecule has 0 spiro atoms. The summed E-state index contributed by atoms with van der Waals surface area (Å²) in [7, 11) is 0. The van der Waals surface area contributed by atoms with E-state index < -0.39 is 12.0 Å². The molecular weight excluding hydrogens is 418 g/mol. The summed E-state index contributed by atoms with van der Waals surface area (Å²) >= 11 is 1.49. The maximum atomic E-state index is 11.3. The number of hydrogen-bond donors (Lipinski definition) is 2. The summed E-state index contributed by atoms with van der Waals surface area (Å²) in [5.41, 5.74) is 5.94. The van der Waals surface area contributed by atoms with Gasteiger partial charge in [-0.15, -0.1) is 0 Å². The number of allylic oxidation sites excluding steroid dienone is 1. The fourth-order valence-corrected chi connectivity index (χ4v) is 4.29. The van der Waals surface area contributed by atoms with Crippen LogP contribution in [-0.4, -0.2) is 34.5 Å². The molecule has 3 aromatic carbocycles. The van der Waals surface area contributed by atoms with E-state index in [1.54, 1.807) is 0 Å². The van der Waals surface area contributed by atoms with Gasteiger partial charge in [0.2, 0.25) is 5.91 Å². The molecule has 0 unspecified atom stereocenters. The molecule has 5 heteroatoms. The number of thioether (sulfide) groups is 1. The van der Waals surface area contributed by atoms with Gasteiger partial charge in [-0.2, -0.15) is 11.8 Å². The van der Waals surface area contributed by atoms with Crippen molar-refractivity contribution < 1.29 is 14.7 Å². The Balaban J connectivity index is 1.69. The molecule has 2 N–H and O–H groups in total. The van der Waals surface area contributed by atoms with Crippen LogP contribution < -0.4 is 5.32 Å². The molecule has 0 aromatic heterocycles. The van der Waals surface area contributed by atoms with Crippen molar-refractivity contribution in [2.75, 3.05) is 11.5 Å². The van der Waals surface area contributed by atoms with Crippen LogP contribution in [0.3, 0.4) is 0 Å². The van der Waals surface area contributed by atoms with Gasteiger partial charge in [0, 0.05) is 18.4 Å². The number of nitrogens with one attached hydrogen (secondary N) is 1. The van der Waals surface area contributed by atoms with E-state index in [2.05, 4.69) is 59.9 Å². The number of amides is 1. The van der Waals surface area contributed by atoms with Crippen molar-refractivity contribution in [3.05, 3.63) is 102 Å². The molecular formula is C27H27NO3S. The smallest absolute Gasteiger partial charge is 0.327 e. The normalized spacial score (nSPS) is 12.2. The van der Waals surface area contributed by atoms with Crippen LogP contribution in [0.25, 0.3) is 16.7 Å². The number of carbonyl (C=O) groups excluding carboxylic acids is 1. The second-order valence-electron chi connectivity index (χ2n) is 7.46. The quantitative estimate of drug-likeness (QED) is 0.416. The van der Waals surface area contributed by atoms with Crippen molar-refractivity contribution in [1.29, 1.82) is 0 Å². The van der Waals surface area contributed by atoms with Gasteiger partial charge in [0.05, 0.1) is 0 Å². The van der Waals surface area contributed by atoms with E-state index in [-0.39, 0.29) is 5.91 Å². The number of hydrogen-bond acceptors (Lipinski definition) is 3. The number of rotatable bonds is 10. The maximum absolute atomic E-state index is 11.3. The Morgan fingerprint density at radius 1 is 0.906 bits per heavy atom. The zero-order valence-corrected chi connectivity index (χ0v) is 18.8. The summed E-state index contributed by atoms with van der Waals surface area (Å²) in [6.07, 6.45) is 2.94. The molecule has 1 atom stereocenters. The first-order chi connectivity index (χ1) is 15.5. The highest BCUT2D eigenvalue weighted by atomic mass is 32.2. The Bertz CT molecular complexity index is 1050. The molecule has 0 aliphatic carbocycles. The number of carboxylic acid groups (broad SMARTS) is 1. The molecule has 32 heavy (non-hydrogen) atoms. The molecule has 164 valence electrons. The Labute approximate surface area is 193 Å². The molecule has 0 saturated carbocycles. The van der Waals surface area contributed by atoms with Crippen LogP contribution in [0.2, 0.25) is 0 Å². The van der Waals surface area contributed by atoms with E-state index in [1.165, 1.54) is 40.9 Å². The topological polar surface area (TPSA) is 66.4 Å². The van der Waals surface area contributed by atoms with Gasteiger partial charge in [0.1, 0.15) is 6.04 Å². The maximum Gasteiger partial charge on any atom is 0.327 e. The minimum atomic E-state index is -1.02. The van der Waals surface area contributed by atoms with Gasteiger partial charge >= 0.3 is 5.97 Å². The van der Waals surface area contributed by atoms with Crippen LogP contribution in [0.15, 0.2) is 91.0 Å². The van der Waals surface area contributed by atoms with Crippen LogP contribution >= 0.6 is 11.8 Å². The lowest BCUT2D eigenvalue weighted by atomic mass is 9.96. The summed E-state index contributed by atoms with van der Waals surface area (Å²) < 4.78 is 0. The summed E-state index contributed by atoms with van der Waals surface area (Å²) in [4.78, 5) is 22.5. The van der Waals surface area contributed by atoms with Crippen molar-refractivity contribution in [3.8, 4) is 11.1 Å². The highest BCUT2D eigenvalue weighted by molar-refractivity contribution is 7.99. The van der Waals surface area contributed by atoms with Crippen LogP contribution in [-0.2, 0) is 16.0 Å². The second kappa shape index (κ2) is 11.9. The van der Waals surface area contributed by atoms with E-state index in [9.17, 15) is 14.7 Å². The zero-order valence-electron chi connectivity index (χ0n) is 18.0. The predicted molar refractivity (Wildman–Crippen MR) is 133 cm³/mol. The van der Waals surface area contributed by atoms with Crippen LogP contribution in [0, 0.1) is 0 Å². The largest absolute Gasteiger partial charge is 0.480 e. The lowest BCUT2D eigenvalue weighted by Crippen LogP contribution is -2.41. The summed E-state index contributed by atoms with van der Waals surface area (Å²) in [5.74, 6) is -0.370. The number of carbonyl (C=O) groups is 2. The SMILES string of the molecule is CC(=O)N[C@@H](CSC/C=C(/Cc1ccc(-c2ccccc2)cc1)c1ccccc1)C(=O)O. The van der Waals surface area contributed by atoms with E-state index in [0.717, 1.165) is 12.0 Å². The molecule has 3 rings (SSSR count). The number of benzene rings is 3. The molecule has 1 amide bonds. The molecule has 0 fully saturated rings. The van der Waals surface area contributed by atoms with Gasteiger partial charge in [0.15, 0.2) is 0 Å². The lowest BCUT2D eigenvalue weighted by Gasteiger charge is -2.13. The Hall–Kier alpha value is -3.31. The molecule has 0 bridgehead atoms. The van der Waals surface area contributed by atoms with Gasteiger partial charge < -0.3 is 10.4 Å². The fourth-order valence-electron chi connectivity index (χ4n) is 3.38. The van der Waals surface area contributed by atoms with Crippen molar-refractivity contribution in [2.24, 2.45) is 0 Å². The Morgan fingerprint density at radius 3 is 2.09 bits per heavy atom. The van der Waals surface area contributed by atoms with E-state index in [1.807, 2.05) is 36.4 Å². The van der Waals surface area contributed by atoms with Gasteiger partial charge in [-0.25, -0.2) is 4.79 Å². The summed E-state index contributed by atoms with van der Waals surface area (Å²) in [5, 5.41) is 11.7. The number of aliphatic carboxylic acids is 1. The summed E-state index contributed by atoms with van der Waals surface area (Å²) in [6.45, 7) is 1.33. The second-order valence-corrected chi connectivity index (χ2v) is 8.54. The van der Waals surface area contributed by atoms with E-state index in [4.69, 9.17) is 0 Å². The summed E-state index contributed by atoms with van der Waals surface area (Å²) in [6, 6.07) is 28.2. The van der Waals surface area contributed by atoms with Crippen molar-refractivity contribution in [2.45, 2.75) is 19.4 Å². The van der Waals surface area contributed by atoms with Gasteiger partial charge in [-0.1, -0.05) is 91.0 Å². The molecule has 0 aliphatic heterocycles. The molecule has 0 aliphatic rings. The van der Waals surface area contributed by atoms with E-state index >= 15 is 0 Å². The molecule has 3 aromatic rings. The monoisotopic (exact) mass is 445 g/mol. The third-order valence-electron chi connectivity index (χ3n) is 5.01. The van der Waals surface area contributed by atoms with Crippen molar-refractivity contribution >= 4 is 29.2 Å². The molecule has 0 heterocycles. The first-order valence-corrected chi connectivity index (χ1v) is 11.6. The minimum absolute atomic E-state index is 0.319. The van der Waals surface area contributed by atoms with Crippen molar-refractivity contribution in [1.82, 2.24) is 5.32 Å². The van der Waals surface area contributed by atoms with Crippen LogP contribution in [0.4, 0.5) is 0 Å². The molecule has 4 nitrogen and oxygen atoms in total. The highest BCUT2D eigenvalue weighted by Gasteiger charge is 2.17. The average Bonchev–Trinajstić information content (AvgIpc) is 2.81. The Kier molecular flexibility index (Phi) is 8.70. The van der Waals surface area contributed by atoms with Crippen molar-refractivity contribution in [3.63, 3.8) is 0 Å². The molecule has 0 saturated heterocycles. The average molecular weight is 446 g/mol. The van der Waals surface area contributed by atoms with Gasteiger partial charge in [-0.05, 0) is 34.2 Å². The molecule has 0 radical (unpaired) electrons. The van der Waals surface area contributed by atoms with Crippen LogP contribution in [0.5, 0.6) is 0 Å². The van der Waals surface area contributed by atoms with Gasteiger partial charge in [-0.3, -0.25) is 4.79 Å². The number of carboxylic acids is 1. The third kappa shape index (κ3) is 7.13. The standard InChI is InChI=1S/C27H27NO3S/c1-20(29)28-26(27(30)31)19-32-17-16-25(23-10-6-3-7-11-23)18-21-12-14-24(15-13-21)22-8-4-2-5-9-22/h2-16,26H,17-19H2,1H3,(H,28,29)(H,30,31)/b25-16-/t26-/m0/s1.